The van der Waals surface area contributed by atoms with Crippen LogP contribution in [0, 0.1) is 11.6 Å². The summed E-state index contributed by atoms with van der Waals surface area (Å²) in [6.45, 7) is -0.519. The van der Waals surface area contributed by atoms with Crippen LogP contribution in [0.15, 0.2) is 18.2 Å². The Morgan fingerprint density at radius 2 is 1.93 bits per heavy atom. The van der Waals surface area contributed by atoms with Gasteiger partial charge < -0.3 is 9.47 Å². The molecule has 0 atom stereocenters. The predicted molar refractivity (Wildman–Crippen MR) is 43.9 cm³/mol. The van der Waals surface area contributed by atoms with Gasteiger partial charge in [0.1, 0.15) is 0 Å². The number of methoxy groups -OCH3 is 1. The zero-order chi connectivity index (χ0) is 10.6. The summed E-state index contributed by atoms with van der Waals surface area (Å²) in [5.74, 6) is -2.98. The molecule has 1 aromatic carbocycles. The molecular weight excluding hydrogens is 194 g/mol. The fraction of sp³-hybridized carbons (Fsp3) is 0.222. The molecule has 0 saturated carbocycles. The molecule has 0 aliphatic carbocycles. The summed E-state index contributed by atoms with van der Waals surface area (Å²) in [6, 6.07) is 3.28. The Hall–Kier alpha value is -1.65. The van der Waals surface area contributed by atoms with Crippen molar-refractivity contribution in [1.82, 2.24) is 0 Å². The van der Waals surface area contributed by atoms with E-state index in [2.05, 4.69) is 9.47 Å². The van der Waals surface area contributed by atoms with Gasteiger partial charge >= 0.3 is 5.97 Å². The molecule has 3 nitrogen and oxygen atoms in total. The second-order valence-corrected chi connectivity index (χ2v) is 2.42. The number of benzene rings is 1. The van der Waals surface area contributed by atoms with Gasteiger partial charge in [-0.15, -0.1) is 0 Å². The van der Waals surface area contributed by atoms with Crippen molar-refractivity contribution in [2.45, 2.75) is 0 Å². The first kappa shape index (κ1) is 10.4. The molecule has 0 aliphatic rings. The first-order valence-electron chi connectivity index (χ1n) is 3.78. The number of carbonyl (C=O) groups is 1. The number of hydrogen-bond donors (Lipinski definition) is 0. The molecule has 5 heteroatoms. The van der Waals surface area contributed by atoms with E-state index in [0.29, 0.717) is 0 Å². The van der Waals surface area contributed by atoms with Crippen LogP contribution in [0.5, 0.6) is 5.75 Å². The second-order valence-electron chi connectivity index (χ2n) is 2.42. The lowest BCUT2D eigenvalue weighted by Gasteiger charge is -2.06. The van der Waals surface area contributed by atoms with Crippen molar-refractivity contribution >= 4 is 5.97 Å². The van der Waals surface area contributed by atoms with E-state index in [1.807, 2.05) is 0 Å². The van der Waals surface area contributed by atoms with Crippen LogP contribution in [-0.4, -0.2) is 19.7 Å². The standard InChI is InChI=1S/C9H8F2O3/c1-13-8(12)5-14-9-6(10)3-2-4-7(9)11/h2-4H,5H2,1H3. The third kappa shape index (κ3) is 2.42. The van der Waals surface area contributed by atoms with Gasteiger partial charge in [-0.1, -0.05) is 6.07 Å². The Morgan fingerprint density at radius 3 is 2.43 bits per heavy atom. The second kappa shape index (κ2) is 4.55. The molecule has 0 spiro atoms. The van der Waals surface area contributed by atoms with Crippen LogP contribution in [0.4, 0.5) is 8.78 Å². The van der Waals surface area contributed by atoms with Crippen molar-refractivity contribution in [2.24, 2.45) is 0 Å². The van der Waals surface area contributed by atoms with Crippen LogP contribution < -0.4 is 4.74 Å². The highest BCUT2D eigenvalue weighted by molar-refractivity contribution is 5.70. The molecule has 0 amide bonds. The average Bonchev–Trinajstić information content (AvgIpc) is 2.16. The number of para-hydroxylation sites is 1. The first-order valence-corrected chi connectivity index (χ1v) is 3.78. The average molecular weight is 202 g/mol. The lowest BCUT2D eigenvalue weighted by molar-refractivity contribution is -0.143. The van der Waals surface area contributed by atoms with E-state index < -0.39 is 30.0 Å². The lowest BCUT2D eigenvalue weighted by atomic mass is 10.3. The fourth-order valence-electron chi connectivity index (χ4n) is 0.810. The maximum atomic E-state index is 12.9. The topological polar surface area (TPSA) is 35.5 Å². The highest BCUT2D eigenvalue weighted by atomic mass is 19.1. The van der Waals surface area contributed by atoms with E-state index >= 15 is 0 Å². The minimum absolute atomic E-state index is 0.519. The highest BCUT2D eigenvalue weighted by Crippen LogP contribution is 2.20. The summed E-state index contributed by atoms with van der Waals surface area (Å²) in [5, 5.41) is 0. The van der Waals surface area contributed by atoms with Crippen LogP contribution in [-0.2, 0) is 9.53 Å². The number of esters is 1. The van der Waals surface area contributed by atoms with E-state index in [-0.39, 0.29) is 0 Å². The quantitative estimate of drug-likeness (QED) is 0.697. The van der Waals surface area contributed by atoms with Gasteiger partial charge in [-0.05, 0) is 12.1 Å². The van der Waals surface area contributed by atoms with Gasteiger partial charge in [-0.2, -0.15) is 0 Å². The van der Waals surface area contributed by atoms with Gasteiger partial charge in [0.25, 0.3) is 0 Å². The smallest absolute Gasteiger partial charge is 0.343 e. The van der Waals surface area contributed by atoms with Gasteiger partial charge in [0.15, 0.2) is 24.0 Å². The largest absolute Gasteiger partial charge is 0.476 e. The van der Waals surface area contributed by atoms with Crippen LogP contribution in [0.1, 0.15) is 0 Å². The summed E-state index contributed by atoms with van der Waals surface area (Å²) in [6.07, 6.45) is 0. The first-order chi connectivity index (χ1) is 6.65. The highest BCUT2D eigenvalue weighted by Gasteiger charge is 2.11. The van der Waals surface area contributed by atoms with Crippen LogP contribution in [0.3, 0.4) is 0 Å². The molecule has 0 unspecified atom stereocenters. The summed E-state index contributed by atoms with van der Waals surface area (Å²) >= 11 is 0. The molecule has 0 heterocycles. The van der Waals surface area contributed by atoms with Gasteiger partial charge in [0.2, 0.25) is 0 Å². The third-order valence-electron chi connectivity index (χ3n) is 1.48. The van der Waals surface area contributed by atoms with Crippen molar-refractivity contribution in [2.75, 3.05) is 13.7 Å². The Kier molecular flexibility index (Phi) is 3.39. The van der Waals surface area contributed by atoms with Crippen LogP contribution in [0.25, 0.3) is 0 Å². The van der Waals surface area contributed by atoms with Crippen LogP contribution in [0.2, 0.25) is 0 Å². The van der Waals surface area contributed by atoms with Crippen molar-refractivity contribution in [1.29, 1.82) is 0 Å². The van der Waals surface area contributed by atoms with E-state index in [9.17, 15) is 13.6 Å². The molecule has 0 fully saturated rings. The Morgan fingerprint density at radius 1 is 1.36 bits per heavy atom. The Balaban J connectivity index is 2.71. The van der Waals surface area contributed by atoms with E-state index in [0.717, 1.165) is 19.2 Å². The maximum absolute atomic E-state index is 12.9. The third-order valence-corrected chi connectivity index (χ3v) is 1.48. The van der Waals surface area contributed by atoms with Gasteiger partial charge in [-0.3, -0.25) is 0 Å². The molecular formula is C9H8F2O3. The molecule has 76 valence electrons. The normalized spacial score (nSPS) is 9.64. The molecule has 0 bridgehead atoms. The van der Waals surface area contributed by atoms with Crippen LogP contribution >= 0.6 is 0 Å². The minimum atomic E-state index is -0.853. The van der Waals surface area contributed by atoms with Gasteiger partial charge in [0, 0.05) is 0 Å². The minimum Gasteiger partial charge on any atom is -0.476 e. The molecule has 14 heavy (non-hydrogen) atoms. The fourth-order valence-corrected chi connectivity index (χ4v) is 0.810. The Labute approximate surface area is 79.2 Å². The Bertz CT molecular complexity index is 319. The van der Waals surface area contributed by atoms with Crippen molar-refractivity contribution in [3.63, 3.8) is 0 Å². The number of hydrogen-bond acceptors (Lipinski definition) is 3. The van der Waals surface area contributed by atoms with Crippen molar-refractivity contribution in [3.05, 3.63) is 29.8 Å². The summed E-state index contributed by atoms with van der Waals surface area (Å²) < 4.78 is 34.6. The molecule has 0 saturated heterocycles. The monoisotopic (exact) mass is 202 g/mol. The molecule has 0 N–H and O–H groups in total. The van der Waals surface area contributed by atoms with Gasteiger partial charge in [0.05, 0.1) is 7.11 Å². The van der Waals surface area contributed by atoms with Crippen molar-refractivity contribution in [3.8, 4) is 5.75 Å². The maximum Gasteiger partial charge on any atom is 0.343 e. The molecule has 0 aromatic heterocycles. The zero-order valence-corrected chi connectivity index (χ0v) is 7.42. The zero-order valence-electron chi connectivity index (χ0n) is 7.42. The van der Waals surface area contributed by atoms with E-state index in [1.165, 1.54) is 6.07 Å². The SMILES string of the molecule is COC(=O)COc1c(F)cccc1F. The molecule has 1 aromatic rings. The number of carbonyl (C=O) groups excluding carboxylic acids is 1. The summed E-state index contributed by atoms with van der Waals surface area (Å²) in [4.78, 5) is 10.6. The summed E-state index contributed by atoms with van der Waals surface area (Å²) in [5.41, 5.74) is 0. The number of halogens is 2. The molecule has 0 aliphatic heterocycles. The lowest BCUT2D eigenvalue weighted by Crippen LogP contribution is -2.13. The van der Waals surface area contributed by atoms with E-state index in [1.54, 1.807) is 0 Å². The predicted octanol–water partition coefficient (Wildman–Crippen LogP) is 1.52. The molecule has 1 rings (SSSR count). The van der Waals surface area contributed by atoms with Gasteiger partial charge in [-0.25, -0.2) is 13.6 Å². The molecule has 0 radical (unpaired) electrons. The van der Waals surface area contributed by atoms with Crippen molar-refractivity contribution < 1.29 is 23.0 Å². The van der Waals surface area contributed by atoms with E-state index in [4.69, 9.17) is 0 Å². The number of ether oxygens (including phenoxy) is 2. The number of rotatable bonds is 3. The summed E-state index contributed by atoms with van der Waals surface area (Å²) in [7, 11) is 1.16.